The second kappa shape index (κ2) is 9.39. The van der Waals surface area contributed by atoms with Crippen molar-refractivity contribution < 1.29 is 14.3 Å². The third-order valence-corrected chi connectivity index (χ3v) is 4.20. The summed E-state index contributed by atoms with van der Waals surface area (Å²) in [5, 5.41) is 5.94. The normalized spacial score (nSPS) is 10.0. The van der Waals surface area contributed by atoms with Crippen molar-refractivity contribution in [1.82, 2.24) is 10.6 Å². The highest BCUT2D eigenvalue weighted by Crippen LogP contribution is 2.25. The van der Waals surface area contributed by atoms with Crippen LogP contribution in [0.2, 0.25) is 0 Å². The summed E-state index contributed by atoms with van der Waals surface area (Å²) in [6.45, 7) is 2.97. The summed E-state index contributed by atoms with van der Waals surface area (Å²) in [5.41, 5.74) is 1.52. The van der Waals surface area contributed by atoms with Gasteiger partial charge in [0, 0.05) is 12.1 Å². The maximum Gasteiger partial charge on any atom is 0.257 e. The summed E-state index contributed by atoms with van der Waals surface area (Å²) in [4.78, 5) is 12.3. The van der Waals surface area contributed by atoms with E-state index in [0.717, 1.165) is 15.8 Å². The molecule has 0 spiro atoms. The summed E-state index contributed by atoms with van der Waals surface area (Å²) >= 11 is 8.57. The molecule has 2 aromatic rings. The standard InChI is InChI=1S/C18H19BrN2O3S/c1-3-24-16-9-6-13(10-15(16)19)17(22)21-18(25)20-11-12-4-7-14(23-2)8-5-12/h4-10H,3,11H2,1-2H3,(H2,20,21,22,25). The number of benzene rings is 2. The molecule has 0 atom stereocenters. The number of carbonyl (C=O) groups excluding carboxylic acids is 1. The van der Waals surface area contributed by atoms with Crippen molar-refractivity contribution in [3.63, 3.8) is 0 Å². The van der Waals surface area contributed by atoms with Gasteiger partial charge in [0.15, 0.2) is 5.11 Å². The lowest BCUT2D eigenvalue weighted by Crippen LogP contribution is -2.38. The van der Waals surface area contributed by atoms with Crippen molar-refractivity contribution in [3.05, 3.63) is 58.1 Å². The van der Waals surface area contributed by atoms with Crippen molar-refractivity contribution in [2.24, 2.45) is 0 Å². The van der Waals surface area contributed by atoms with Crippen LogP contribution < -0.4 is 20.1 Å². The van der Waals surface area contributed by atoms with E-state index in [1.807, 2.05) is 31.2 Å². The first-order valence-electron chi connectivity index (χ1n) is 7.68. The molecule has 0 saturated heterocycles. The highest BCUT2D eigenvalue weighted by molar-refractivity contribution is 9.10. The van der Waals surface area contributed by atoms with Gasteiger partial charge >= 0.3 is 0 Å². The Labute approximate surface area is 160 Å². The van der Waals surface area contributed by atoms with Crippen LogP contribution in [0.1, 0.15) is 22.8 Å². The molecule has 0 aromatic heterocycles. The van der Waals surface area contributed by atoms with E-state index in [2.05, 4.69) is 26.6 Å². The minimum Gasteiger partial charge on any atom is -0.497 e. The lowest BCUT2D eigenvalue weighted by Gasteiger charge is -2.11. The maximum atomic E-state index is 12.3. The smallest absolute Gasteiger partial charge is 0.257 e. The van der Waals surface area contributed by atoms with Gasteiger partial charge in [-0.15, -0.1) is 0 Å². The Morgan fingerprint density at radius 2 is 1.92 bits per heavy atom. The number of ether oxygens (including phenoxy) is 2. The van der Waals surface area contributed by atoms with Crippen LogP contribution in [0.25, 0.3) is 0 Å². The third kappa shape index (κ3) is 5.72. The minimum atomic E-state index is -0.282. The number of carbonyl (C=O) groups is 1. The Balaban J connectivity index is 1.88. The number of hydrogen-bond acceptors (Lipinski definition) is 4. The largest absolute Gasteiger partial charge is 0.497 e. The van der Waals surface area contributed by atoms with Crippen LogP contribution in [0.4, 0.5) is 0 Å². The van der Waals surface area contributed by atoms with E-state index in [4.69, 9.17) is 21.7 Å². The molecule has 5 nitrogen and oxygen atoms in total. The van der Waals surface area contributed by atoms with Crippen LogP contribution in [0.5, 0.6) is 11.5 Å². The molecule has 132 valence electrons. The highest BCUT2D eigenvalue weighted by Gasteiger charge is 2.10. The predicted molar refractivity (Wildman–Crippen MR) is 105 cm³/mol. The predicted octanol–water partition coefficient (Wildman–Crippen LogP) is 3.66. The third-order valence-electron chi connectivity index (χ3n) is 3.33. The van der Waals surface area contributed by atoms with Crippen LogP contribution in [0, 0.1) is 0 Å². The molecule has 0 fully saturated rings. The van der Waals surface area contributed by atoms with Gasteiger partial charge in [-0.05, 0) is 71.0 Å². The minimum absolute atomic E-state index is 0.269. The van der Waals surface area contributed by atoms with Gasteiger partial charge in [-0.25, -0.2) is 0 Å². The van der Waals surface area contributed by atoms with Crippen molar-refractivity contribution in [3.8, 4) is 11.5 Å². The molecule has 0 radical (unpaired) electrons. The second-order valence-corrected chi connectivity index (χ2v) is 6.33. The summed E-state index contributed by atoms with van der Waals surface area (Å²) in [6, 6.07) is 12.7. The van der Waals surface area contributed by atoms with Gasteiger partial charge < -0.3 is 14.8 Å². The number of nitrogens with one attached hydrogen (secondary N) is 2. The SMILES string of the molecule is CCOc1ccc(C(=O)NC(=S)NCc2ccc(OC)cc2)cc1Br. The van der Waals surface area contributed by atoms with E-state index in [9.17, 15) is 4.79 Å². The first kappa shape index (κ1) is 19.2. The van der Waals surface area contributed by atoms with E-state index >= 15 is 0 Å². The van der Waals surface area contributed by atoms with E-state index in [1.54, 1.807) is 25.3 Å². The van der Waals surface area contributed by atoms with Gasteiger partial charge in [0.1, 0.15) is 11.5 Å². The zero-order valence-electron chi connectivity index (χ0n) is 14.0. The van der Waals surface area contributed by atoms with Gasteiger partial charge in [0.2, 0.25) is 0 Å². The molecule has 0 saturated carbocycles. The molecule has 2 rings (SSSR count). The van der Waals surface area contributed by atoms with E-state index in [-0.39, 0.29) is 11.0 Å². The number of rotatable bonds is 6. The molecule has 0 aliphatic carbocycles. The van der Waals surface area contributed by atoms with Gasteiger partial charge in [-0.2, -0.15) is 0 Å². The molecule has 2 N–H and O–H groups in total. The van der Waals surface area contributed by atoms with Gasteiger partial charge in [-0.1, -0.05) is 12.1 Å². The Morgan fingerprint density at radius 1 is 1.20 bits per heavy atom. The number of halogens is 1. The summed E-state index contributed by atoms with van der Waals surface area (Å²) in [6.07, 6.45) is 0. The Bertz CT molecular complexity index is 750. The zero-order valence-corrected chi connectivity index (χ0v) is 16.4. The fourth-order valence-corrected chi connectivity index (χ4v) is 2.72. The van der Waals surface area contributed by atoms with Gasteiger partial charge in [0.25, 0.3) is 5.91 Å². The summed E-state index contributed by atoms with van der Waals surface area (Å²) < 4.78 is 11.3. The fourth-order valence-electron chi connectivity index (χ4n) is 2.06. The number of hydrogen-bond donors (Lipinski definition) is 2. The van der Waals surface area contributed by atoms with Crippen molar-refractivity contribution >= 4 is 39.2 Å². The lowest BCUT2D eigenvalue weighted by atomic mass is 10.2. The lowest BCUT2D eigenvalue weighted by molar-refractivity contribution is 0.0976. The first-order valence-corrected chi connectivity index (χ1v) is 8.88. The molecular formula is C18H19BrN2O3S. The van der Waals surface area contributed by atoms with Crippen LogP contribution in [0.15, 0.2) is 46.9 Å². The van der Waals surface area contributed by atoms with Crippen molar-refractivity contribution in [2.45, 2.75) is 13.5 Å². The zero-order chi connectivity index (χ0) is 18.2. The number of thiocarbonyl (C=S) groups is 1. The number of methoxy groups -OCH3 is 1. The maximum absolute atomic E-state index is 12.3. The Kier molecular flexibility index (Phi) is 7.21. The van der Waals surface area contributed by atoms with Crippen molar-refractivity contribution in [1.29, 1.82) is 0 Å². The average Bonchev–Trinajstić information content (AvgIpc) is 2.62. The molecule has 1 amide bonds. The molecular weight excluding hydrogens is 404 g/mol. The molecule has 0 bridgehead atoms. The molecule has 25 heavy (non-hydrogen) atoms. The Morgan fingerprint density at radius 3 is 2.52 bits per heavy atom. The molecule has 0 heterocycles. The fraction of sp³-hybridized carbons (Fsp3) is 0.222. The molecule has 0 aliphatic heterocycles. The van der Waals surface area contributed by atoms with Crippen LogP contribution >= 0.6 is 28.1 Å². The molecule has 0 aliphatic rings. The topological polar surface area (TPSA) is 59.6 Å². The summed E-state index contributed by atoms with van der Waals surface area (Å²) in [7, 11) is 1.62. The van der Waals surface area contributed by atoms with Crippen LogP contribution in [-0.2, 0) is 6.54 Å². The summed E-state index contributed by atoms with van der Waals surface area (Å²) in [5.74, 6) is 1.20. The molecule has 2 aromatic carbocycles. The van der Waals surface area contributed by atoms with Crippen LogP contribution in [0.3, 0.4) is 0 Å². The van der Waals surface area contributed by atoms with E-state index in [1.165, 1.54) is 0 Å². The average molecular weight is 423 g/mol. The van der Waals surface area contributed by atoms with E-state index < -0.39 is 0 Å². The molecule has 7 heteroatoms. The van der Waals surface area contributed by atoms with E-state index in [0.29, 0.717) is 24.5 Å². The Hall–Kier alpha value is -2.12. The number of amides is 1. The van der Waals surface area contributed by atoms with Crippen LogP contribution in [-0.4, -0.2) is 24.7 Å². The second-order valence-electron chi connectivity index (χ2n) is 5.06. The quantitative estimate of drug-likeness (QED) is 0.695. The molecule has 0 unspecified atom stereocenters. The van der Waals surface area contributed by atoms with Gasteiger partial charge in [-0.3, -0.25) is 10.1 Å². The van der Waals surface area contributed by atoms with Crippen molar-refractivity contribution in [2.75, 3.05) is 13.7 Å². The highest BCUT2D eigenvalue weighted by atomic mass is 79.9. The van der Waals surface area contributed by atoms with Gasteiger partial charge in [0.05, 0.1) is 18.2 Å². The first-order chi connectivity index (χ1) is 12.0. The monoisotopic (exact) mass is 422 g/mol.